The van der Waals surface area contributed by atoms with Gasteiger partial charge in [0.05, 0.1) is 11.1 Å². The van der Waals surface area contributed by atoms with Crippen LogP contribution in [0.5, 0.6) is 5.75 Å². The summed E-state index contributed by atoms with van der Waals surface area (Å²) in [7, 11) is 0. The summed E-state index contributed by atoms with van der Waals surface area (Å²) in [4.78, 5) is 0. The average Bonchev–Trinajstić information content (AvgIpc) is 2.46. The molecule has 2 nitrogen and oxygen atoms in total. The van der Waals surface area contributed by atoms with Crippen molar-refractivity contribution in [2.24, 2.45) is 5.73 Å². The minimum Gasteiger partial charge on any atom is -0.490 e. The van der Waals surface area contributed by atoms with Crippen LogP contribution in [0.3, 0.4) is 0 Å². The molecule has 2 N–H and O–H groups in total. The Hall–Kier alpha value is -1.51. The van der Waals surface area contributed by atoms with Crippen LogP contribution in [0, 0.1) is 6.92 Å². The molecular formula is C18H22ClNO. The van der Waals surface area contributed by atoms with E-state index in [1.807, 2.05) is 25.1 Å². The predicted octanol–water partition coefficient (Wildman–Crippen LogP) is 4.85. The fraction of sp³-hybridized carbons (Fsp3) is 0.333. The van der Waals surface area contributed by atoms with Gasteiger partial charge in [0.1, 0.15) is 12.4 Å². The zero-order valence-corrected chi connectivity index (χ0v) is 13.5. The highest BCUT2D eigenvalue weighted by Gasteiger charge is 2.09. The lowest BCUT2D eigenvalue weighted by Crippen LogP contribution is -2.19. The monoisotopic (exact) mass is 303 g/mol. The summed E-state index contributed by atoms with van der Waals surface area (Å²) in [6.07, 6.45) is 0. The van der Waals surface area contributed by atoms with Gasteiger partial charge in [-0.25, -0.2) is 0 Å². The van der Waals surface area contributed by atoms with Crippen molar-refractivity contribution < 1.29 is 4.74 Å². The summed E-state index contributed by atoms with van der Waals surface area (Å²) in [5.74, 6) is 1.20. The first-order chi connectivity index (χ1) is 9.97. The highest BCUT2D eigenvalue weighted by Crippen LogP contribution is 2.26. The van der Waals surface area contributed by atoms with E-state index >= 15 is 0 Å². The minimum absolute atomic E-state index is 0.163. The molecule has 2 aromatic rings. The SMILES string of the molecule is Cc1ccc(OCC(N)c2ccc(C(C)C)cc2)c(Cl)c1. The Bertz CT molecular complexity index is 593. The Balaban J connectivity index is 1.99. The molecule has 0 amide bonds. The number of hydrogen-bond donors (Lipinski definition) is 1. The van der Waals surface area contributed by atoms with Crippen molar-refractivity contribution in [3.63, 3.8) is 0 Å². The van der Waals surface area contributed by atoms with E-state index in [0.29, 0.717) is 23.3 Å². The van der Waals surface area contributed by atoms with Crippen LogP contribution < -0.4 is 10.5 Å². The first-order valence-electron chi connectivity index (χ1n) is 7.21. The van der Waals surface area contributed by atoms with Gasteiger partial charge in [0.15, 0.2) is 0 Å². The third kappa shape index (κ3) is 4.23. The molecule has 0 spiro atoms. The van der Waals surface area contributed by atoms with Crippen LogP contribution in [-0.4, -0.2) is 6.61 Å². The molecule has 0 radical (unpaired) electrons. The molecule has 0 fully saturated rings. The van der Waals surface area contributed by atoms with E-state index in [1.54, 1.807) is 0 Å². The highest BCUT2D eigenvalue weighted by molar-refractivity contribution is 6.32. The van der Waals surface area contributed by atoms with Gasteiger partial charge in [0.25, 0.3) is 0 Å². The van der Waals surface area contributed by atoms with Crippen molar-refractivity contribution >= 4 is 11.6 Å². The molecule has 0 saturated heterocycles. The van der Waals surface area contributed by atoms with Gasteiger partial charge in [0, 0.05) is 0 Å². The van der Waals surface area contributed by atoms with Gasteiger partial charge in [-0.3, -0.25) is 0 Å². The molecule has 0 aromatic heterocycles. The van der Waals surface area contributed by atoms with E-state index in [9.17, 15) is 0 Å². The first-order valence-corrected chi connectivity index (χ1v) is 7.59. The molecule has 0 aliphatic heterocycles. The minimum atomic E-state index is -0.163. The van der Waals surface area contributed by atoms with Crippen molar-refractivity contribution in [1.82, 2.24) is 0 Å². The Labute approximate surface area is 131 Å². The second kappa shape index (κ2) is 6.97. The molecule has 112 valence electrons. The van der Waals surface area contributed by atoms with E-state index in [2.05, 4.69) is 38.1 Å². The molecule has 2 rings (SSSR count). The Kier molecular flexibility index (Phi) is 5.27. The van der Waals surface area contributed by atoms with Crippen LogP contribution in [0.15, 0.2) is 42.5 Å². The molecule has 1 unspecified atom stereocenters. The summed E-state index contributed by atoms with van der Waals surface area (Å²) in [6.45, 7) is 6.76. The molecule has 0 heterocycles. The van der Waals surface area contributed by atoms with Crippen molar-refractivity contribution in [3.8, 4) is 5.75 Å². The Morgan fingerprint density at radius 3 is 2.24 bits per heavy atom. The largest absolute Gasteiger partial charge is 0.490 e. The first kappa shape index (κ1) is 15.9. The molecule has 0 bridgehead atoms. The van der Waals surface area contributed by atoms with Gasteiger partial charge in [0.2, 0.25) is 0 Å². The number of benzene rings is 2. The standard InChI is InChI=1S/C18H22ClNO/c1-12(2)14-5-7-15(8-6-14)17(20)11-21-18-9-4-13(3)10-16(18)19/h4-10,12,17H,11,20H2,1-3H3. The highest BCUT2D eigenvalue weighted by atomic mass is 35.5. The molecule has 1 atom stereocenters. The zero-order valence-electron chi connectivity index (χ0n) is 12.8. The fourth-order valence-electron chi connectivity index (χ4n) is 2.13. The number of rotatable bonds is 5. The van der Waals surface area contributed by atoms with Crippen molar-refractivity contribution in [3.05, 3.63) is 64.2 Å². The summed E-state index contributed by atoms with van der Waals surface area (Å²) in [6, 6.07) is 14.0. The zero-order chi connectivity index (χ0) is 15.4. The van der Waals surface area contributed by atoms with Crippen molar-refractivity contribution in [1.29, 1.82) is 0 Å². The number of nitrogens with two attached hydrogens (primary N) is 1. The Morgan fingerprint density at radius 1 is 1.05 bits per heavy atom. The van der Waals surface area contributed by atoms with Gasteiger partial charge in [-0.2, -0.15) is 0 Å². The lowest BCUT2D eigenvalue weighted by Gasteiger charge is -2.15. The molecule has 0 aliphatic rings. The molecule has 0 saturated carbocycles. The van der Waals surface area contributed by atoms with Crippen LogP contribution >= 0.6 is 11.6 Å². The second-order valence-electron chi connectivity index (χ2n) is 5.67. The van der Waals surface area contributed by atoms with Crippen LogP contribution in [0.1, 0.15) is 42.5 Å². The summed E-state index contributed by atoms with van der Waals surface area (Å²) in [5, 5.41) is 0.623. The molecule has 0 aliphatic carbocycles. The van der Waals surface area contributed by atoms with Crippen LogP contribution in [0.2, 0.25) is 5.02 Å². The van der Waals surface area contributed by atoms with E-state index in [-0.39, 0.29) is 6.04 Å². The second-order valence-corrected chi connectivity index (χ2v) is 6.08. The van der Waals surface area contributed by atoms with Crippen molar-refractivity contribution in [2.45, 2.75) is 32.7 Å². The fourth-order valence-corrected chi connectivity index (χ4v) is 2.42. The van der Waals surface area contributed by atoms with Crippen LogP contribution in [0.4, 0.5) is 0 Å². The number of halogens is 1. The van der Waals surface area contributed by atoms with Crippen LogP contribution in [0.25, 0.3) is 0 Å². The van der Waals surface area contributed by atoms with Gasteiger partial charge in [-0.15, -0.1) is 0 Å². The van der Waals surface area contributed by atoms with Crippen molar-refractivity contribution in [2.75, 3.05) is 6.61 Å². The smallest absolute Gasteiger partial charge is 0.138 e. The van der Waals surface area contributed by atoms with Gasteiger partial charge in [-0.05, 0) is 41.7 Å². The third-order valence-electron chi connectivity index (χ3n) is 3.54. The number of hydrogen-bond acceptors (Lipinski definition) is 2. The topological polar surface area (TPSA) is 35.2 Å². The maximum Gasteiger partial charge on any atom is 0.138 e. The maximum absolute atomic E-state index is 6.18. The van der Waals surface area contributed by atoms with Gasteiger partial charge >= 0.3 is 0 Å². The van der Waals surface area contributed by atoms with Gasteiger partial charge in [-0.1, -0.05) is 55.8 Å². The normalized spacial score (nSPS) is 12.5. The number of aryl methyl sites for hydroxylation is 1. The lowest BCUT2D eigenvalue weighted by molar-refractivity contribution is 0.291. The summed E-state index contributed by atoms with van der Waals surface area (Å²) >= 11 is 6.15. The summed E-state index contributed by atoms with van der Waals surface area (Å²) in [5.41, 5.74) is 9.68. The third-order valence-corrected chi connectivity index (χ3v) is 3.83. The van der Waals surface area contributed by atoms with E-state index in [4.69, 9.17) is 22.1 Å². The van der Waals surface area contributed by atoms with E-state index < -0.39 is 0 Å². The average molecular weight is 304 g/mol. The lowest BCUT2D eigenvalue weighted by atomic mass is 9.99. The van der Waals surface area contributed by atoms with E-state index in [1.165, 1.54) is 5.56 Å². The predicted molar refractivity (Wildman–Crippen MR) is 89.1 cm³/mol. The van der Waals surface area contributed by atoms with Crippen LogP contribution in [-0.2, 0) is 0 Å². The van der Waals surface area contributed by atoms with E-state index in [0.717, 1.165) is 11.1 Å². The molecule has 3 heteroatoms. The summed E-state index contributed by atoms with van der Waals surface area (Å²) < 4.78 is 5.73. The molecule has 2 aromatic carbocycles. The molecule has 21 heavy (non-hydrogen) atoms. The maximum atomic E-state index is 6.18. The Morgan fingerprint density at radius 2 is 1.67 bits per heavy atom. The van der Waals surface area contributed by atoms with Gasteiger partial charge < -0.3 is 10.5 Å². The number of ether oxygens (including phenoxy) is 1. The quantitative estimate of drug-likeness (QED) is 0.857. The molecular weight excluding hydrogens is 282 g/mol.